The highest BCUT2D eigenvalue weighted by Crippen LogP contribution is 2.17. The number of carbonyl (C=O) groups is 1. The van der Waals surface area contributed by atoms with Gasteiger partial charge in [0, 0.05) is 8.95 Å². The minimum absolute atomic E-state index is 0.328. The zero-order chi connectivity index (χ0) is 13.0. The Hall–Kier alpha value is -1.19. The molecule has 3 N–H and O–H groups in total. The maximum Gasteiger partial charge on any atom is 0.294 e. The lowest BCUT2D eigenvalue weighted by Gasteiger charge is -2.03. The highest BCUT2D eigenvalue weighted by atomic mass is 127. The molecule has 1 amide bonds. The molecule has 0 aliphatic carbocycles. The Morgan fingerprint density at radius 1 is 1.56 bits per heavy atom. The Morgan fingerprint density at radius 3 is 3.11 bits per heavy atom. The zero-order valence-electron chi connectivity index (χ0n) is 9.22. The van der Waals surface area contributed by atoms with Crippen molar-refractivity contribution in [2.45, 2.75) is 6.61 Å². The topological polar surface area (TPSA) is 77.2 Å². The molecule has 0 bridgehead atoms. The Labute approximate surface area is 121 Å². The van der Waals surface area contributed by atoms with Crippen molar-refractivity contribution in [3.63, 3.8) is 0 Å². The fraction of sp³-hybridized carbons (Fsp3) is 0.0909. The number of benzene rings is 1. The molecule has 0 spiro atoms. The molecular weight excluding hydrogens is 365 g/mol. The van der Waals surface area contributed by atoms with Gasteiger partial charge in [0.25, 0.3) is 5.91 Å². The van der Waals surface area contributed by atoms with E-state index >= 15 is 0 Å². The SMILES string of the molecule is NNC(=O)c1nc(COc2cccc(I)c2)cs1. The molecule has 1 aromatic heterocycles. The Balaban J connectivity index is 1.98. The second-order valence-corrected chi connectivity index (χ2v) is 5.47. The summed E-state index contributed by atoms with van der Waals surface area (Å²) < 4.78 is 6.68. The molecule has 0 aliphatic rings. The zero-order valence-corrected chi connectivity index (χ0v) is 12.2. The first kappa shape index (κ1) is 13.2. The summed E-state index contributed by atoms with van der Waals surface area (Å²) in [5.41, 5.74) is 2.75. The summed E-state index contributed by atoms with van der Waals surface area (Å²) in [5, 5.41) is 2.11. The number of hydrogen-bond donors (Lipinski definition) is 2. The first-order valence-corrected chi connectivity index (χ1v) is 6.98. The standard InChI is InChI=1S/C11H10IN3O2S/c12-7-2-1-3-9(4-7)17-5-8-6-18-11(14-8)10(16)15-13/h1-4,6H,5,13H2,(H,15,16). The first-order valence-electron chi connectivity index (χ1n) is 5.03. The number of nitrogens with one attached hydrogen (secondary N) is 1. The van der Waals surface area contributed by atoms with Gasteiger partial charge >= 0.3 is 0 Å². The third-order valence-corrected chi connectivity index (χ3v) is 3.62. The van der Waals surface area contributed by atoms with Crippen molar-refractivity contribution in [2.24, 2.45) is 5.84 Å². The fourth-order valence-electron chi connectivity index (χ4n) is 1.25. The van der Waals surface area contributed by atoms with Crippen molar-refractivity contribution in [3.8, 4) is 5.75 Å². The lowest BCUT2D eigenvalue weighted by atomic mass is 10.3. The second-order valence-electron chi connectivity index (χ2n) is 3.36. The van der Waals surface area contributed by atoms with Crippen LogP contribution in [0.4, 0.5) is 0 Å². The quantitative estimate of drug-likeness (QED) is 0.371. The normalized spacial score (nSPS) is 10.1. The Morgan fingerprint density at radius 2 is 2.39 bits per heavy atom. The number of nitrogens with two attached hydrogens (primary N) is 1. The Bertz CT molecular complexity index is 559. The number of hydrazine groups is 1. The molecule has 0 aliphatic heterocycles. The number of ether oxygens (including phenoxy) is 1. The number of nitrogen functional groups attached to an aromatic ring is 1. The van der Waals surface area contributed by atoms with Crippen LogP contribution in [0.1, 0.15) is 15.5 Å². The van der Waals surface area contributed by atoms with E-state index in [4.69, 9.17) is 10.6 Å². The molecule has 5 nitrogen and oxygen atoms in total. The minimum atomic E-state index is -0.388. The number of aromatic nitrogens is 1. The number of thiazole rings is 1. The van der Waals surface area contributed by atoms with E-state index in [9.17, 15) is 4.79 Å². The summed E-state index contributed by atoms with van der Waals surface area (Å²) in [7, 11) is 0. The van der Waals surface area contributed by atoms with E-state index in [2.05, 4.69) is 27.6 Å². The largest absolute Gasteiger partial charge is 0.487 e. The number of amides is 1. The van der Waals surface area contributed by atoms with E-state index in [1.807, 2.05) is 29.7 Å². The average Bonchev–Trinajstić information content (AvgIpc) is 2.84. The highest BCUT2D eigenvalue weighted by Gasteiger charge is 2.09. The van der Waals surface area contributed by atoms with Crippen molar-refractivity contribution >= 4 is 39.8 Å². The first-order chi connectivity index (χ1) is 8.69. The van der Waals surface area contributed by atoms with Crippen LogP contribution in [0.3, 0.4) is 0 Å². The van der Waals surface area contributed by atoms with Crippen LogP contribution in [-0.2, 0) is 6.61 Å². The second kappa shape index (κ2) is 6.12. The number of halogens is 1. The van der Waals surface area contributed by atoms with Crippen LogP contribution in [0, 0.1) is 3.57 Å². The van der Waals surface area contributed by atoms with Crippen molar-refractivity contribution < 1.29 is 9.53 Å². The van der Waals surface area contributed by atoms with Gasteiger partial charge in [-0.05, 0) is 40.8 Å². The molecule has 0 fully saturated rings. The van der Waals surface area contributed by atoms with Gasteiger partial charge in [-0.25, -0.2) is 10.8 Å². The fourth-order valence-corrected chi connectivity index (χ4v) is 2.47. The summed E-state index contributed by atoms with van der Waals surface area (Å²) in [4.78, 5) is 15.3. The summed E-state index contributed by atoms with van der Waals surface area (Å²) in [5.74, 6) is 5.42. The van der Waals surface area contributed by atoms with E-state index in [-0.39, 0.29) is 5.91 Å². The number of nitrogens with zero attached hydrogens (tertiary/aromatic N) is 1. The van der Waals surface area contributed by atoms with Crippen LogP contribution < -0.4 is 16.0 Å². The Kier molecular flexibility index (Phi) is 4.50. The molecule has 0 saturated heterocycles. The maximum absolute atomic E-state index is 11.2. The van der Waals surface area contributed by atoms with Gasteiger partial charge in [-0.1, -0.05) is 6.07 Å². The molecular formula is C11H10IN3O2S. The van der Waals surface area contributed by atoms with Crippen molar-refractivity contribution in [3.05, 3.63) is 43.9 Å². The molecule has 0 unspecified atom stereocenters. The summed E-state index contributed by atoms with van der Waals surface area (Å²) in [6.45, 7) is 0.328. The number of hydrogen-bond acceptors (Lipinski definition) is 5. The highest BCUT2D eigenvalue weighted by molar-refractivity contribution is 14.1. The van der Waals surface area contributed by atoms with E-state index in [1.54, 1.807) is 5.38 Å². The van der Waals surface area contributed by atoms with Gasteiger partial charge in [0.15, 0.2) is 5.01 Å². The predicted molar refractivity (Wildman–Crippen MR) is 77.3 cm³/mol. The predicted octanol–water partition coefficient (Wildman–Crippen LogP) is 1.93. The molecule has 18 heavy (non-hydrogen) atoms. The van der Waals surface area contributed by atoms with Crippen molar-refractivity contribution in [2.75, 3.05) is 0 Å². The molecule has 2 aromatic rings. The molecule has 0 atom stereocenters. The molecule has 0 saturated carbocycles. The third kappa shape index (κ3) is 3.40. The van der Waals surface area contributed by atoms with Crippen LogP contribution in [0.15, 0.2) is 29.6 Å². The molecule has 1 heterocycles. The van der Waals surface area contributed by atoms with Gasteiger partial charge in [0.2, 0.25) is 0 Å². The van der Waals surface area contributed by atoms with Gasteiger partial charge < -0.3 is 4.74 Å². The number of rotatable bonds is 4. The number of carbonyl (C=O) groups excluding carboxylic acids is 1. The molecule has 94 valence electrons. The lowest BCUT2D eigenvalue weighted by molar-refractivity contribution is 0.0953. The lowest BCUT2D eigenvalue weighted by Crippen LogP contribution is -2.29. The average molecular weight is 375 g/mol. The monoisotopic (exact) mass is 375 g/mol. The van der Waals surface area contributed by atoms with Crippen LogP contribution in [0.5, 0.6) is 5.75 Å². The summed E-state index contributed by atoms with van der Waals surface area (Å²) in [6.07, 6.45) is 0. The van der Waals surface area contributed by atoms with Gasteiger partial charge in [-0.2, -0.15) is 0 Å². The van der Waals surface area contributed by atoms with E-state index < -0.39 is 0 Å². The van der Waals surface area contributed by atoms with E-state index in [1.165, 1.54) is 11.3 Å². The van der Waals surface area contributed by atoms with Crippen LogP contribution in [0.25, 0.3) is 0 Å². The van der Waals surface area contributed by atoms with Crippen LogP contribution in [-0.4, -0.2) is 10.9 Å². The van der Waals surface area contributed by atoms with Crippen molar-refractivity contribution in [1.82, 2.24) is 10.4 Å². The van der Waals surface area contributed by atoms with Gasteiger partial charge in [0.1, 0.15) is 12.4 Å². The van der Waals surface area contributed by atoms with E-state index in [0.717, 1.165) is 9.32 Å². The molecule has 0 radical (unpaired) electrons. The third-order valence-electron chi connectivity index (χ3n) is 2.06. The van der Waals surface area contributed by atoms with Gasteiger partial charge in [0.05, 0.1) is 5.69 Å². The maximum atomic E-state index is 11.2. The summed E-state index contributed by atoms with van der Waals surface area (Å²) in [6, 6.07) is 7.72. The van der Waals surface area contributed by atoms with Crippen LogP contribution in [0.2, 0.25) is 0 Å². The van der Waals surface area contributed by atoms with Gasteiger partial charge in [-0.15, -0.1) is 11.3 Å². The minimum Gasteiger partial charge on any atom is -0.487 e. The smallest absolute Gasteiger partial charge is 0.294 e. The van der Waals surface area contributed by atoms with Crippen molar-refractivity contribution in [1.29, 1.82) is 0 Å². The molecule has 7 heteroatoms. The summed E-state index contributed by atoms with van der Waals surface area (Å²) >= 11 is 3.45. The van der Waals surface area contributed by atoms with E-state index in [0.29, 0.717) is 17.3 Å². The molecule has 2 rings (SSSR count). The van der Waals surface area contributed by atoms with Crippen LogP contribution >= 0.6 is 33.9 Å². The molecule has 1 aromatic carbocycles. The van der Waals surface area contributed by atoms with Gasteiger partial charge in [-0.3, -0.25) is 10.2 Å².